The number of aromatic amines is 1. The standard InChI is InChI=1S/C18H24N2/c1-2-4-8-13(7-3-1)17-18-15(11-12-19-17)14-9-5-6-10-16(14)20-18/h5-6,9-10,13,17,19-20H,1-4,7-8,11-12H2. The zero-order valence-corrected chi connectivity index (χ0v) is 12.1. The molecule has 1 atom stereocenters. The maximum absolute atomic E-state index is 3.80. The van der Waals surface area contributed by atoms with Crippen molar-refractivity contribution in [1.82, 2.24) is 10.3 Å². The average molecular weight is 268 g/mol. The molecule has 2 aromatic rings. The first-order valence-electron chi connectivity index (χ1n) is 8.26. The van der Waals surface area contributed by atoms with Crippen LogP contribution in [0, 0.1) is 5.92 Å². The molecular formula is C18H24N2. The molecule has 1 fully saturated rings. The topological polar surface area (TPSA) is 27.8 Å². The van der Waals surface area contributed by atoms with E-state index in [0.717, 1.165) is 12.5 Å². The van der Waals surface area contributed by atoms with Gasteiger partial charge in [0.05, 0.1) is 6.04 Å². The summed E-state index contributed by atoms with van der Waals surface area (Å²) in [6.07, 6.45) is 9.66. The summed E-state index contributed by atoms with van der Waals surface area (Å²) in [5.41, 5.74) is 4.39. The van der Waals surface area contributed by atoms with Crippen molar-refractivity contribution in [2.24, 2.45) is 5.92 Å². The lowest BCUT2D eigenvalue weighted by molar-refractivity contribution is 0.311. The Labute approximate surface area is 121 Å². The van der Waals surface area contributed by atoms with Gasteiger partial charge in [-0.25, -0.2) is 0 Å². The molecule has 20 heavy (non-hydrogen) atoms. The summed E-state index contributed by atoms with van der Waals surface area (Å²) in [4.78, 5) is 3.72. The minimum absolute atomic E-state index is 0.559. The second-order valence-corrected chi connectivity index (χ2v) is 6.50. The Morgan fingerprint density at radius 2 is 1.75 bits per heavy atom. The van der Waals surface area contributed by atoms with Crippen molar-refractivity contribution >= 4 is 10.9 Å². The van der Waals surface area contributed by atoms with Crippen molar-refractivity contribution < 1.29 is 0 Å². The van der Waals surface area contributed by atoms with Gasteiger partial charge in [0.25, 0.3) is 0 Å². The lowest BCUT2D eigenvalue weighted by Gasteiger charge is -2.31. The SMILES string of the molecule is c1ccc2c3c([nH]c2c1)C(C1CCCCCC1)NCC3. The van der Waals surface area contributed by atoms with Gasteiger partial charge < -0.3 is 10.3 Å². The molecule has 0 saturated heterocycles. The zero-order chi connectivity index (χ0) is 13.4. The van der Waals surface area contributed by atoms with Crippen LogP contribution in [0.5, 0.6) is 0 Å². The van der Waals surface area contributed by atoms with E-state index < -0.39 is 0 Å². The average Bonchev–Trinajstić information content (AvgIpc) is 2.68. The summed E-state index contributed by atoms with van der Waals surface area (Å²) in [5.74, 6) is 0.824. The highest BCUT2D eigenvalue weighted by Gasteiger charge is 2.30. The first-order chi connectivity index (χ1) is 9.93. The Morgan fingerprint density at radius 1 is 0.950 bits per heavy atom. The fraction of sp³-hybridized carbons (Fsp3) is 0.556. The fourth-order valence-electron chi connectivity index (χ4n) is 4.26. The van der Waals surface area contributed by atoms with Crippen molar-refractivity contribution in [3.05, 3.63) is 35.5 Å². The van der Waals surface area contributed by atoms with Gasteiger partial charge >= 0.3 is 0 Å². The number of hydrogen-bond donors (Lipinski definition) is 2. The lowest BCUT2D eigenvalue weighted by atomic mass is 9.85. The summed E-state index contributed by atoms with van der Waals surface area (Å²) in [5, 5.41) is 5.25. The molecule has 2 heterocycles. The summed E-state index contributed by atoms with van der Waals surface area (Å²) in [6, 6.07) is 9.36. The molecule has 0 spiro atoms. The van der Waals surface area contributed by atoms with Crippen LogP contribution in [0.25, 0.3) is 10.9 Å². The maximum Gasteiger partial charge on any atom is 0.0504 e. The van der Waals surface area contributed by atoms with Crippen LogP contribution in [0.1, 0.15) is 55.8 Å². The fourth-order valence-corrected chi connectivity index (χ4v) is 4.26. The van der Waals surface area contributed by atoms with E-state index in [1.165, 1.54) is 61.5 Å². The van der Waals surface area contributed by atoms with E-state index in [2.05, 4.69) is 34.6 Å². The Kier molecular flexibility index (Phi) is 3.27. The number of para-hydroxylation sites is 1. The normalized spacial score (nSPS) is 24.5. The van der Waals surface area contributed by atoms with Crippen LogP contribution >= 0.6 is 0 Å². The van der Waals surface area contributed by atoms with Gasteiger partial charge in [0.15, 0.2) is 0 Å². The van der Waals surface area contributed by atoms with Gasteiger partial charge in [-0.15, -0.1) is 0 Å². The van der Waals surface area contributed by atoms with Crippen LogP contribution in [0.15, 0.2) is 24.3 Å². The van der Waals surface area contributed by atoms with Crippen molar-refractivity contribution in [2.45, 2.75) is 51.0 Å². The number of hydrogen-bond acceptors (Lipinski definition) is 1. The van der Waals surface area contributed by atoms with E-state index in [0.29, 0.717) is 6.04 Å². The van der Waals surface area contributed by atoms with Gasteiger partial charge in [-0.1, -0.05) is 43.9 Å². The van der Waals surface area contributed by atoms with Crippen molar-refractivity contribution in [3.8, 4) is 0 Å². The number of benzene rings is 1. The molecule has 2 nitrogen and oxygen atoms in total. The summed E-state index contributed by atoms with van der Waals surface area (Å²) < 4.78 is 0. The van der Waals surface area contributed by atoms with Gasteiger partial charge in [-0.3, -0.25) is 0 Å². The van der Waals surface area contributed by atoms with Crippen molar-refractivity contribution in [3.63, 3.8) is 0 Å². The Balaban J connectivity index is 1.73. The molecular weight excluding hydrogens is 244 g/mol. The van der Waals surface area contributed by atoms with Gasteiger partial charge in [-0.05, 0) is 43.4 Å². The molecule has 4 rings (SSSR count). The molecule has 1 aliphatic carbocycles. The molecule has 1 unspecified atom stereocenters. The van der Waals surface area contributed by atoms with Gasteiger partial charge in [0.1, 0.15) is 0 Å². The smallest absolute Gasteiger partial charge is 0.0504 e. The molecule has 2 aliphatic rings. The Bertz CT molecular complexity index is 590. The highest BCUT2D eigenvalue weighted by Crippen LogP contribution is 2.38. The summed E-state index contributed by atoms with van der Waals surface area (Å²) in [6.45, 7) is 1.13. The molecule has 0 radical (unpaired) electrons. The molecule has 0 bridgehead atoms. The third-order valence-corrected chi connectivity index (χ3v) is 5.27. The first kappa shape index (κ1) is 12.5. The molecule has 1 aromatic heterocycles. The largest absolute Gasteiger partial charge is 0.357 e. The molecule has 0 amide bonds. The van der Waals surface area contributed by atoms with E-state index in [1.807, 2.05) is 0 Å². The highest BCUT2D eigenvalue weighted by atomic mass is 15.0. The van der Waals surface area contributed by atoms with E-state index in [9.17, 15) is 0 Å². The second-order valence-electron chi connectivity index (χ2n) is 6.50. The molecule has 2 heteroatoms. The predicted octanol–water partition coefficient (Wildman–Crippen LogP) is 4.33. The number of aromatic nitrogens is 1. The monoisotopic (exact) mass is 268 g/mol. The number of rotatable bonds is 1. The van der Waals surface area contributed by atoms with E-state index in [1.54, 1.807) is 5.56 Å². The summed E-state index contributed by atoms with van der Waals surface area (Å²) >= 11 is 0. The lowest BCUT2D eigenvalue weighted by Crippen LogP contribution is -2.34. The minimum atomic E-state index is 0.559. The Hall–Kier alpha value is -1.28. The molecule has 1 aliphatic heterocycles. The summed E-state index contributed by atoms with van der Waals surface area (Å²) in [7, 11) is 0. The van der Waals surface area contributed by atoms with E-state index in [4.69, 9.17) is 0 Å². The zero-order valence-electron chi connectivity index (χ0n) is 12.1. The predicted molar refractivity (Wildman–Crippen MR) is 83.9 cm³/mol. The van der Waals surface area contributed by atoms with Crippen LogP contribution in [-0.4, -0.2) is 11.5 Å². The van der Waals surface area contributed by atoms with Gasteiger partial charge in [-0.2, -0.15) is 0 Å². The van der Waals surface area contributed by atoms with Crippen molar-refractivity contribution in [2.75, 3.05) is 6.54 Å². The van der Waals surface area contributed by atoms with E-state index in [-0.39, 0.29) is 0 Å². The molecule has 2 N–H and O–H groups in total. The quantitative estimate of drug-likeness (QED) is 0.740. The van der Waals surface area contributed by atoms with Crippen molar-refractivity contribution in [1.29, 1.82) is 0 Å². The van der Waals surface area contributed by atoms with Crippen LogP contribution in [0.4, 0.5) is 0 Å². The van der Waals surface area contributed by atoms with Gasteiger partial charge in [0, 0.05) is 16.6 Å². The third kappa shape index (κ3) is 2.07. The Morgan fingerprint density at radius 3 is 2.60 bits per heavy atom. The van der Waals surface area contributed by atoms with Gasteiger partial charge in [0.2, 0.25) is 0 Å². The molecule has 1 saturated carbocycles. The van der Waals surface area contributed by atoms with Crippen LogP contribution in [0.3, 0.4) is 0 Å². The van der Waals surface area contributed by atoms with Crippen LogP contribution < -0.4 is 5.32 Å². The first-order valence-corrected chi connectivity index (χ1v) is 8.26. The second kappa shape index (κ2) is 5.25. The number of H-pyrrole nitrogens is 1. The van der Waals surface area contributed by atoms with Crippen LogP contribution in [-0.2, 0) is 6.42 Å². The third-order valence-electron chi connectivity index (χ3n) is 5.27. The minimum Gasteiger partial charge on any atom is -0.357 e. The number of nitrogens with one attached hydrogen (secondary N) is 2. The maximum atomic E-state index is 3.80. The highest BCUT2D eigenvalue weighted by molar-refractivity contribution is 5.85. The number of fused-ring (bicyclic) bond motifs is 3. The molecule has 1 aromatic carbocycles. The molecule has 106 valence electrons. The van der Waals surface area contributed by atoms with Crippen LogP contribution in [0.2, 0.25) is 0 Å². The van der Waals surface area contributed by atoms with E-state index >= 15 is 0 Å².